The zero-order valence-corrected chi connectivity index (χ0v) is 8.66. The van der Waals surface area contributed by atoms with Crippen molar-refractivity contribution in [2.75, 3.05) is 19.0 Å². The lowest BCUT2D eigenvalue weighted by atomic mass is 10.2. The van der Waals surface area contributed by atoms with Crippen molar-refractivity contribution in [2.24, 2.45) is 5.73 Å². The van der Waals surface area contributed by atoms with Gasteiger partial charge in [0.2, 0.25) is 0 Å². The lowest BCUT2D eigenvalue weighted by Crippen LogP contribution is -2.28. The average molecular weight is 195 g/mol. The predicted molar refractivity (Wildman–Crippen MR) is 57.5 cm³/mol. The van der Waals surface area contributed by atoms with Crippen molar-refractivity contribution in [1.82, 2.24) is 4.98 Å². The summed E-state index contributed by atoms with van der Waals surface area (Å²) < 4.78 is 5.17. The van der Waals surface area contributed by atoms with E-state index in [1.807, 2.05) is 12.1 Å². The van der Waals surface area contributed by atoms with E-state index in [1.165, 1.54) is 0 Å². The molecule has 0 saturated carbocycles. The van der Waals surface area contributed by atoms with Crippen molar-refractivity contribution in [2.45, 2.75) is 19.4 Å². The van der Waals surface area contributed by atoms with E-state index < -0.39 is 0 Å². The van der Waals surface area contributed by atoms with Gasteiger partial charge in [-0.15, -0.1) is 0 Å². The fourth-order valence-electron chi connectivity index (χ4n) is 1.18. The van der Waals surface area contributed by atoms with E-state index >= 15 is 0 Å². The minimum atomic E-state index is 0.249. The molecule has 1 aromatic rings. The van der Waals surface area contributed by atoms with Gasteiger partial charge in [0, 0.05) is 18.8 Å². The summed E-state index contributed by atoms with van der Waals surface area (Å²) in [6, 6.07) is 3.96. The Morgan fingerprint density at radius 3 is 3.00 bits per heavy atom. The highest BCUT2D eigenvalue weighted by molar-refractivity contribution is 5.50. The summed E-state index contributed by atoms with van der Waals surface area (Å²) in [7, 11) is 1.63. The third-order valence-electron chi connectivity index (χ3n) is 2.11. The summed E-state index contributed by atoms with van der Waals surface area (Å²) >= 11 is 0. The number of ether oxygens (including phenoxy) is 1. The third-order valence-corrected chi connectivity index (χ3v) is 2.11. The monoisotopic (exact) mass is 195 g/mol. The fourth-order valence-corrected chi connectivity index (χ4v) is 1.18. The zero-order valence-electron chi connectivity index (χ0n) is 8.66. The Kier molecular flexibility index (Phi) is 4.19. The van der Waals surface area contributed by atoms with Crippen molar-refractivity contribution in [3.63, 3.8) is 0 Å². The van der Waals surface area contributed by atoms with Gasteiger partial charge in [-0.25, -0.2) is 4.98 Å². The molecule has 1 rings (SSSR count). The SMILES string of the molecule is CCC(CN)Nc1ncccc1OC. The number of aromatic nitrogens is 1. The number of pyridine rings is 1. The summed E-state index contributed by atoms with van der Waals surface area (Å²) in [6.07, 6.45) is 2.70. The fraction of sp³-hybridized carbons (Fsp3) is 0.500. The van der Waals surface area contributed by atoms with Crippen LogP contribution < -0.4 is 15.8 Å². The van der Waals surface area contributed by atoms with Gasteiger partial charge in [0.05, 0.1) is 7.11 Å². The van der Waals surface area contributed by atoms with Crippen LogP contribution in [0.5, 0.6) is 5.75 Å². The van der Waals surface area contributed by atoms with Crippen LogP contribution in [0.1, 0.15) is 13.3 Å². The van der Waals surface area contributed by atoms with Gasteiger partial charge < -0.3 is 15.8 Å². The normalized spacial score (nSPS) is 12.2. The molecule has 1 atom stereocenters. The molecule has 0 fully saturated rings. The van der Waals surface area contributed by atoms with E-state index in [2.05, 4.69) is 17.2 Å². The minimum Gasteiger partial charge on any atom is -0.493 e. The predicted octanol–water partition coefficient (Wildman–Crippen LogP) is 1.24. The van der Waals surface area contributed by atoms with Crippen LogP contribution in [0, 0.1) is 0 Å². The van der Waals surface area contributed by atoms with Gasteiger partial charge in [-0.2, -0.15) is 0 Å². The molecule has 78 valence electrons. The summed E-state index contributed by atoms with van der Waals surface area (Å²) in [4.78, 5) is 4.19. The van der Waals surface area contributed by atoms with E-state index in [-0.39, 0.29) is 6.04 Å². The maximum absolute atomic E-state index is 5.59. The first-order valence-corrected chi connectivity index (χ1v) is 4.77. The second kappa shape index (κ2) is 5.44. The van der Waals surface area contributed by atoms with Crippen LogP contribution in [0.25, 0.3) is 0 Å². The maximum Gasteiger partial charge on any atom is 0.168 e. The first-order chi connectivity index (χ1) is 6.81. The van der Waals surface area contributed by atoms with Gasteiger partial charge in [0.25, 0.3) is 0 Å². The molecule has 0 bridgehead atoms. The van der Waals surface area contributed by atoms with Crippen molar-refractivity contribution in [3.8, 4) is 5.75 Å². The second-order valence-electron chi connectivity index (χ2n) is 3.04. The Bertz CT molecular complexity index is 274. The van der Waals surface area contributed by atoms with E-state index in [1.54, 1.807) is 13.3 Å². The molecule has 3 N–H and O–H groups in total. The molecule has 1 aromatic heterocycles. The van der Waals surface area contributed by atoms with Gasteiger partial charge in [0.15, 0.2) is 11.6 Å². The number of anilines is 1. The Hall–Kier alpha value is -1.29. The molecule has 1 heterocycles. The zero-order chi connectivity index (χ0) is 10.4. The van der Waals surface area contributed by atoms with Crippen molar-refractivity contribution in [3.05, 3.63) is 18.3 Å². The molecule has 14 heavy (non-hydrogen) atoms. The van der Waals surface area contributed by atoms with Gasteiger partial charge in [-0.05, 0) is 18.6 Å². The molecule has 0 amide bonds. The molecule has 0 aliphatic rings. The number of nitrogens with two attached hydrogens (primary N) is 1. The molecule has 0 aliphatic heterocycles. The first kappa shape index (κ1) is 10.8. The van der Waals surface area contributed by atoms with Crippen LogP contribution in [0.3, 0.4) is 0 Å². The van der Waals surface area contributed by atoms with Crippen molar-refractivity contribution < 1.29 is 4.74 Å². The highest BCUT2D eigenvalue weighted by Crippen LogP contribution is 2.20. The number of hydrogen-bond donors (Lipinski definition) is 2. The summed E-state index contributed by atoms with van der Waals surface area (Å²) in [5, 5.41) is 3.24. The maximum atomic E-state index is 5.59. The van der Waals surface area contributed by atoms with Gasteiger partial charge in [-0.1, -0.05) is 6.92 Å². The quantitative estimate of drug-likeness (QED) is 0.742. The minimum absolute atomic E-state index is 0.249. The molecular formula is C10H17N3O. The molecule has 4 nitrogen and oxygen atoms in total. The van der Waals surface area contributed by atoms with Crippen molar-refractivity contribution >= 4 is 5.82 Å². The van der Waals surface area contributed by atoms with Crippen LogP contribution in [-0.4, -0.2) is 24.7 Å². The Morgan fingerprint density at radius 2 is 2.43 bits per heavy atom. The van der Waals surface area contributed by atoms with Gasteiger partial charge in [0.1, 0.15) is 0 Å². The van der Waals surface area contributed by atoms with Gasteiger partial charge >= 0.3 is 0 Å². The largest absolute Gasteiger partial charge is 0.493 e. The molecule has 0 aromatic carbocycles. The highest BCUT2D eigenvalue weighted by Gasteiger charge is 2.07. The first-order valence-electron chi connectivity index (χ1n) is 4.77. The second-order valence-corrected chi connectivity index (χ2v) is 3.04. The summed E-state index contributed by atoms with van der Waals surface area (Å²) in [5.41, 5.74) is 5.59. The third kappa shape index (κ3) is 2.60. The number of rotatable bonds is 5. The summed E-state index contributed by atoms with van der Waals surface area (Å²) in [6.45, 7) is 2.68. The standard InChI is InChI=1S/C10H17N3O/c1-3-8(7-11)13-10-9(14-2)5-4-6-12-10/h4-6,8H,3,7,11H2,1-2H3,(H,12,13). The molecule has 4 heteroatoms. The number of nitrogens with zero attached hydrogens (tertiary/aromatic N) is 1. The van der Waals surface area contributed by atoms with E-state index in [0.717, 1.165) is 18.0 Å². The Labute approximate surface area is 84.5 Å². The molecule has 0 radical (unpaired) electrons. The molecule has 0 saturated heterocycles. The molecule has 0 spiro atoms. The molecule has 0 aliphatic carbocycles. The average Bonchev–Trinajstić information content (AvgIpc) is 2.26. The molecular weight excluding hydrogens is 178 g/mol. The number of methoxy groups -OCH3 is 1. The van der Waals surface area contributed by atoms with E-state index in [9.17, 15) is 0 Å². The van der Waals surface area contributed by atoms with Gasteiger partial charge in [-0.3, -0.25) is 0 Å². The topological polar surface area (TPSA) is 60.2 Å². The lowest BCUT2D eigenvalue weighted by molar-refractivity contribution is 0.414. The van der Waals surface area contributed by atoms with E-state index in [4.69, 9.17) is 10.5 Å². The van der Waals surface area contributed by atoms with Crippen LogP contribution in [-0.2, 0) is 0 Å². The van der Waals surface area contributed by atoms with Crippen LogP contribution in [0.4, 0.5) is 5.82 Å². The lowest BCUT2D eigenvalue weighted by Gasteiger charge is -2.16. The van der Waals surface area contributed by atoms with Crippen LogP contribution >= 0.6 is 0 Å². The highest BCUT2D eigenvalue weighted by atomic mass is 16.5. The molecule has 1 unspecified atom stereocenters. The van der Waals surface area contributed by atoms with E-state index in [0.29, 0.717) is 6.54 Å². The smallest absolute Gasteiger partial charge is 0.168 e. The Morgan fingerprint density at radius 1 is 1.64 bits per heavy atom. The van der Waals surface area contributed by atoms with Crippen LogP contribution in [0.2, 0.25) is 0 Å². The van der Waals surface area contributed by atoms with Crippen molar-refractivity contribution in [1.29, 1.82) is 0 Å². The van der Waals surface area contributed by atoms with Crippen LogP contribution in [0.15, 0.2) is 18.3 Å². The number of hydrogen-bond acceptors (Lipinski definition) is 4. The summed E-state index contributed by atoms with van der Waals surface area (Å²) in [5.74, 6) is 1.51. The number of nitrogens with one attached hydrogen (secondary N) is 1. The Balaban J connectivity index is 2.74.